The van der Waals surface area contributed by atoms with Gasteiger partial charge in [0.15, 0.2) is 11.5 Å². The molecule has 0 aromatic heterocycles. The smallest absolute Gasteiger partial charge is 0.162 e. The number of hydrogen-bond donors (Lipinski definition) is 3. The monoisotopic (exact) mass is 215 g/mol. The van der Waals surface area contributed by atoms with Crippen LogP contribution in [-0.2, 0) is 0 Å². The van der Waals surface area contributed by atoms with E-state index in [0.29, 0.717) is 12.0 Å². The first kappa shape index (κ1) is 12.8. The fourth-order valence-corrected chi connectivity index (χ4v) is 1.15. The van der Waals surface area contributed by atoms with Gasteiger partial charge in [0.05, 0.1) is 0 Å². The Bertz CT molecular complexity index is 315. The van der Waals surface area contributed by atoms with E-state index < -0.39 is 0 Å². The molecule has 0 spiro atoms. The third-order valence-corrected chi connectivity index (χ3v) is 1.87. The Morgan fingerprint density at radius 3 is 2.64 bits per heavy atom. The molecule has 3 nitrogen and oxygen atoms in total. The predicted octanol–water partition coefficient (Wildman–Crippen LogP) is 2.10. The van der Waals surface area contributed by atoms with Gasteiger partial charge in [0.1, 0.15) is 0 Å². The SMILES string of the molecule is C=CC[C@@H](N)c1cccc(O)c1O.Cl. The quantitative estimate of drug-likeness (QED) is 0.534. The molecule has 0 amide bonds. The van der Waals surface area contributed by atoms with E-state index in [1.165, 1.54) is 6.07 Å². The number of halogens is 1. The first-order valence-electron chi connectivity index (χ1n) is 4.04. The van der Waals surface area contributed by atoms with Gasteiger partial charge in [0.2, 0.25) is 0 Å². The molecule has 0 heterocycles. The Morgan fingerprint density at radius 1 is 1.43 bits per heavy atom. The lowest BCUT2D eigenvalue weighted by atomic mass is 10.0. The summed E-state index contributed by atoms with van der Waals surface area (Å²) < 4.78 is 0. The second-order valence-corrected chi connectivity index (χ2v) is 2.85. The number of aromatic hydroxyl groups is 2. The predicted molar refractivity (Wildman–Crippen MR) is 58.8 cm³/mol. The summed E-state index contributed by atoms with van der Waals surface area (Å²) in [5.74, 6) is -0.283. The van der Waals surface area contributed by atoms with Crippen molar-refractivity contribution in [1.82, 2.24) is 0 Å². The van der Waals surface area contributed by atoms with Crippen LogP contribution in [0.2, 0.25) is 0 Å². The van der Waals surface area contributed by atoms with Crippen molar-refractivity contribution >= 4 is 12.4 Å². The van der Waals surface area contributed by atoms with Crippen molar-refractivity contribution < 1.29 is 10.2 Å². The molecule has 14 heavy (non-hydrogen) atoms. The molecule has 78 valence electrons. The standard InChI is InChI=1S/C10H13NO2.ClH/c1-2-4-8(11)7-5-3-6-9(12)10(7)13;/h2-3,5-6,8,12-13H,1,4,11H2;1H/t8-;/m1./s1. The average Bonchev–Trinajstić information content (AvgIpc) is 2.10. The van der Waals surface area contributed by atoms with Gasteiger partial charge in [-0.1, -0.05) is 18.2 Å². The molecule has 0 aliphatic heterocycles. The number of rotatable bonds is 3. The van der Waals surface area contributed by atoms with Crippen LogP contribution in [0.4, 0.5) is 0 Å². The van der Waals surface area contributed by atoms with Gasteiger partial charge >= 0.3 is 0 Å². The fourth-order valence-electron chi connectivity index (χ4n) is 1.15. The number of phenols is 2. The third-order valence-electron chi connectivity index (χ3n) is 1.87. The highest BCUT2D eigenvalue weighted by Crippen LogP contribution is 2.32. The van der Waals surface area contributed by atoms with Crippen molar-refractivity contribution in [2.45, 2.75) is 12.5 Å². The molecule has 0 saturated carbocycles. The summed E-state index contributed by atoms with van der Waals surface area (Å²) in [6.07, 6.45) is 2.24. The molecule has 1 aromatic carbocycles. The third kappa shape index (κ3) is 2.65. The summed E-state index contributed by atoms with van der Waals surface area (Å²) in [5.41, 5.74) is 6.27. The highest BCUT2D eigenvalue weighted by atomic mass is 35.5. The fraction of sp³-hybridized carbons (Fsp3) is 0.200. The van der Waals surface area contributed by atoms with Gasteiger partial charge in [-0.3, -0.25) is 0 Å². The Kier molecular flexibility index (Phi) is 5.05. The molecule has 0 aliphatic carbocycles. The Hall–Kier alpha value is -1.19. The van der Waals surface area contributed by atoms with Crippen molar-refractivity contribution in [2.75, 3.05) is 0 Å². The molecular formula is C10H14ClNO2. The van der Waals surface area contributed by atoms with E-state index in [-0.39, 0.29) is 29.9 Å². The number of phenolic OH excluding ortho intramolecular Hbond substituents is 2. The maximum atomic E-state index is 9.43. The number of para-hydroxylation sites is 1. The van der Waals surface area contributed by atoms with Crippen molar-refractivity contribution in [3.63, 3.8) is 0 Å². The van der Waals surface area contributed by atoms with Crippen LogP contribution in [0.15, 0.2) is 30.9 Å². The van der Waals surface area contributed by atoms with Crippen LogP contribution in [0.1, 0.15) is 18.0 Å². The molecule has 0 unspecified atom stereocenters. The molecule has 0 aliphatic rings. The highest BCUT2D eigenvalue weighted by molar-refractivity contribution is 5.85. The molecule has 0 bridgehead atoms. The van der Waals surface area contributed by atoms with E-state index in [1.807, 2.05) is 0 Å². The summed E-state index contributed by atoms with van der Waals surface area (Å²) in [6, 6.07) is 4.43. The summed E-state index contributed by atoms with van der Waals surface area (Å²) in [7, 11) is 0. The van der Waals surface area contributed by atoms with Gasteiger partial charge in [0, 0.05) is 11.6 Å². The van der Waals surface area contributed by atoms with Crippen LogP contribution >= 0.6 is 12.4 Å². The van der Waals surface area contributed by atoms with Crippen LogP contribution in [0.25, 0.3) is 0 Å². The lowest BCUT2D eigenvalue weighted by Crippen LogP contribution is -2.08. The minimum atomic E-state index is -0.315. The van der Waals surface area contributed by atoms with Gasteiger partial charge in [-0.05, 0) is 12.5 Å². The molecule has 1 rings (SSSR count). The van der Waals surface area contributed by atoms with E-state index in [2.05, 4.69) is 6.58 Å². The first-order valence-corrected chi connectivity index (χ1v) is 4.04. The number of nitrogens with two attached hydrogens (primary N) is 1. The maximum Gasteiger partial charge on any atom is 0.162 e. The lowest BCUT2D eigenvalue weighted by Gasteiger charge is -2.11. The molecule has 0 saturated heterocycles. The van der Waals surface area contributed by atoms with Gasteiger partial charge in [-0.25, -0.2) is 0 Å². The molecule has 4 N–H and O–H groups in total. The molecule has 0 radical (unpaired) electrons. The van der Waals surface area contributed by atoms with E-state index >= 15 is 0 Å². The van der Waals surface area contributed by atoms with Crippen molar-refractivity contribution in [3.05, 3.63) is 36.4 Å². The van der Waals surface area contributed by atoms with Crippen LogP contribution < -0.4 is 5.73 Å². The van der Waals surface area contributed by atoms with Gasteiger partial charge in [0.25, 0.3) is 0 Å². The zero-order valence-electron chi connectivity index (χ0n) is 7.68. The highest BCUT2D eigenvalue weighted by Gasteiger charge is 2.11. The number of benzene rings is 1. The van der Waals surface area contributed by atoms with Crippen LogP contribution in [0.3, 0.4) is 0 Å². The zero-order valence-corrected chi connectivity index (χ0v) is 8.50. The maximum absolute atomic E-state index is 9.43. The Balaban J connectivity index is 0.00000169. The molecule has 0 fully saturated rings. The second-order valence-electron chi connectivity index (χ2n) is 2.85. The summed E-state index contributed by atoms with van der Waals surface area (Å²) in [4.78, 5) is 0. The summed E-state index contributed by atoms with van der Waals surface area (Å²) in [5, 5.41) is 18.6. The van der Waals surface area contributed by atoms with E-state index in [4.69, 9.17) is 5.73 Å². The summed E-state index contributed by atoms with van der Waals surface area (Å²) >= 11 is 0. The van der Waals surface area contributed by atoms with Crippen molar-refractivity contribution in [2.24, 2.45) is 5.73 Å². The molecule has 4 heteroatoms. The molecule has 1 atom stereocenters. The largest absolute Gasteiger partial charge is 0.504 e. The number of hydrogen-bond acceptors (Lipinski definition) is 3. The van der Waals surface area contributed by atoms with Crippen LogP contribution in [0, 0.1) is 0 Å². The minimum absolute atomic E-state index is 0. The Morgan fingerprint density at radius 2 is 2.07 bits per heavy atom. The van der Waals surface area contributed by atoms with Crippen LogP contribution in [0.5, 0.6) is 11.5 Å². The normalized spacial score (nSPS) is 11.5. The van der Waals surface area contributed by atoms with Gasteiger partial charge in [-0.2, -0.15) is 0 Å². The average molecular weight is 216 g/mol. The zero-order chi connectivity index (χ0) is 9.84. The van der Waals surface area contributed by atoms with E-state index in [1.54, 1.807) is 18.2 Å². The molecular weight excluding hydrogens is 202 g/mol. The lowest BCUT2D eigenvalue weighted by molar-refractivity contribution is 0.396. The molecule has 1 aromatic rings. The topological polar surface area (TPSA) is 66.5 Å². The van der Waals surface area contributed by atoms with E-state index in [0.717, 1.165) is 0 Å². The summed E-state index contributed by atoms with van der Waals surface area (Å²) in [6.45, 7) is 3.55. The van der Waals surface area contributed by atoms with Crippen LogP contribution in [-0.4, -0.2) is 10.2 Å². The van der Waals surface area contributed by atoms with Crippen molar-refractivity contribution in [3.8, 4) is 11.5 Å². The first-order chi connectivity index (χ1) is 6.16. The minimum Gasteiger partial charge on any atom is -0.504 e. The Labute approximate surface area is 89.3 Å². The van der Waals surface area contributed by atoms with Gasteiger partial charge in [-0.15, -0.1) is 19.0 Å². The second kappa shape index (κ2) is 5.52. The van der Waals surface area contributed by atoms with Gasteiger partial charge < -0.3 is 15.9 Å². The van der Waals surface area contributed by atoms with Crippen molar-refractivity contribution in [1.29, 1.82) is 0 Å². The van der Waals surface area contributed by atoms with E-state index in [9.17, 15) is 10.2 Å².